The van der Waals surface area contributed by atoms with Crippen molar-refractivity contribution < 1.29 is 4.79 Å². The zero-order valence-corrected chi connectivity index (χ0v) is 11.6. The SMILES string of the molecule is CC1CCCC(CNC(=O)Cc2ccc(N)cn2)C1. The van der Waals surface area contributed by atoms with Gasteiger partial charge in [0.05, 0.1) is 18.3 Å². The Kier molecular flexibility index (Phi) is 4.77. The van der Waals surface area contributed by atoms with Gasteiger partial charge in [-0.1, -0.05) is 19.8 Å². The number of amides is 1. The van der Waals surface area contributed by atoms with E-state index in [4.69, 9.17) is 5.73 Å². The number of nitrogens with two attached hydrogens (primary N) is 1. The molecular formula is C15H23N3O. The zero-order valence-electron chi connectivity index (χ0n) is 11.6. The van der Waals surface area contributed by atoms with Gasteiger partial charge in [-0.15, -0.1) is 0 Å². The number of hydrogen-bond donors (Lipinski definition) is 2. The molecule has 2 rings (SSSR count). The van der Waals surface area contributed by atoms with E-state index in [1.807, 2.05) is 0 Å². The van der Waals surface area contributed by atoms with Crippen LogP contribution in [-0.4, -0.2) is 17.4 Å². The molecule has 1 aliphatic carbocycles. The number of rotatable bonds is 4. The summed E-state index contributed by atoms with van der Waals surface area (Å²) in [4.78, 5) is 16.0. The Morgan fingerprint density at radius 2 is 2.32 bits per heavy atom. The van der Waals surface area contributed by atoms with E-state index in [2.05, 4.69) is 17.2 Å². The topological polar surface area (TPSA) is 68.0 Å². The molecule has 19 heavy (non-hydrogen) atoms. The predicted molar refractivity (Wildman–Crippen MR) is 76.5 cm³/mol. The molecule has 1 amide bonds. The number of carbonyl (C=O) groups excluding carboxylic acids is 1. The van der Waals surface area contributed by atoms with Crippen LogP contribution in [0.25, 0.3) is 0 Å². The third-order valence-electron chi connectivity index (χ3n) is 3.82. The third-order valence-corrected chi connectivity index (χ3v) is 3.82. The van der Waals surface area contributed by atoms with Crippen LogP contribution < -0.4 is 11.1 Å². The molecule has 0 radical (unpaired) electrons. The maximum Gasteiger partial charge on any atom is 0.226 e. The Morgan fingerprint density at radius 3 is 3.00 bits per heavy atom. The van der Waals surface area contributed by atoms with Crippen molar-refractivity contribution in [2.24, 2.45) is 11.8 Å². The van der Waals surface area contributed by atoms with E-state index in [-0.39, 0.29) is 5.91 Å². The van der Waals surface area contributed by atoms with E-state index in [1.54, 1.807) is 18.3 Å². The molecule has 0 spiro atoms. The van der Waals surface area contributed by atoms with Gasteiger partial charge in [0.1, 0.15) is 0 Å². The van der Waals surface area contributed by atoms with Gasteiger partial charge < -0.3 is 11.1 Å². The molecule has 3 N–H and O–H groups in total. The summed E-state index contributed by atoms with van der Waals surface area (Å²) in [7, 11) is 0. The molecule has 0 aliphatic heterocycles. The summed E-state index contributed by atoms with van der Waals surface area (Å²) < 4.78 is 0. The fraction of sp³-hybridized carbons (Fsp3) is 0.600. The van der Waals surface area contributed by atoms with Gasteiger partial charge in [-0.05, 0) is 36.8 Å². The minimum Gasteiger partial charge on any atom is -0.397 e. The summed E-state index contributed by atoms with van der Waals surface area (Å²) in [5.74, 6) is 1.50. The normalized spacial score (nSPS) is 23.0. The van der Waals surface area contributed by atoms with Gasteiger partial charge in [-0.3, -0.25) is 9.78 Å². The first-order valence-corrected chi connectivity index (χ1v) is 7.10. The largest absolute Gasteiger partial charge is 0.397 e. The van der Waals surface area contributed by atoms with Crippen molar-refractivity contribution >= 4 is 11.6 Å². The van der Waals surface area contributed by atoms with E-state index < -0.39 is 0 Å². The quantitative estimate of drug-likeness (QED) is 0.872. The van der Waals surface area contributed by atoms with Crippen molar-refractivity contribution in [3.63, 3.8) is 0 Å². The third kappa shape index (κ3) is 4.54. The summed E-state index contributed by atoms with van der Waals surface area (Å²) in [6.07, 6.45) is 7.03. The molecule has 1 saturated carbocycles. The molecule has 1 heterocycles. The lowest BCUT2D eigenvalue weighted by Gasteiger charge is -2.26. The van der Waals surface area contributed by atoms with Crippen LogP contribution in [0.5, 0.6) is 0 Å². The van der Waals surface area contributed by atoms with Crippen LogP contribution in [0, 0.1) is 11.8 Å². The van der Waals surface area contributed by atoms with Crippen molar-refractivity contribution in [1.82, 2.24) is 10.3 Å². The summed E-state index contributed by atoms with van der Waals surface area (Å²) >= 11 is 0. The maximum absolute atomic E-state index is 11.8. The highest BCUT2D eigenvalue weighted by atomic mass is 16.1. The average molecular weight is 261 g/mol. The zero-order chi connectivity index (χ0) is 13.7. The molecule has 1 fully saturated rings. The van der Waals surface area contributed by atoms with Crippen molar-refractivity contribution in [3.8, 4) is 0 Å². The lowest BCUT2D eigenvalue weighted by Crippen LogP contribution is -2.32. The van der Waals surface area contributed by atoms with E-state index in [9.17, 15) is 4.79 Å². The smallest absolute Gasteiger partial charge is 0.226 e. The Morgan fingerprint density at radius 1 is 1.47 bits per heavy atom. The number of anilines is 1. The van der Waals surface area contributed by atoms with Crippen LogP contribution in [0.3, 0.4) is 0 Å². The molecule has 2 unspecified atom stereocenters. The number of aromatic nitrogens is 1. The highest BCUT2D eigenvalue weighted by Gasteiger charge is 2.19. The number of nitrogens with one attached hydrogen (secondary N) is 1. The molecule has 2 atom stereocenters. The Labute approximate surface area is 114 Å². The number of hydrogen-bond acceptors (Lipinski definition) is 3. The predicted octanol–water partition coefficient (Wildman–Crippen LogP) is 2.15. The molecule has 1 aromatic heterocycles. The summed E-state index contributed by atoms with van der Waals surface area (Å²) in [5.41, 5.74) is 6.96. The molecule has 104 valence electrons. The molecule has 4 nitrogen and oxygen atoms in total. The number of carbonyl (C=O) groups is 1. The first kappa shape index (κ1) is 13.8. The molecule has 4 heteroatoms. The first-order chi connectivity index (χ1) is 9.13. The van der Waals surface area contributed by atoms with Crippen molar-refractivity contribution in [2.45, 2.75) is 39.0 Å². The summed E-state index contributed by atoms with van der Waals surface area (Å²) in [5, 5.41) is 3.03. The fourth-order valence-electron chi connectivity index (χ4n) is 2.77. The molecule has 1 aromatic rings. The van der Waals surface area contributed by atoms with Crippen LogP contribution >= 0.6 is 0 Å². The van der Waals surface area contributed by atoms with Crippen LogP contribution in [0.15, 0.2) is 18.3 Å². The molecule has 0 saturated heterocycles. The second-order valence-electron chi connectivity index (χ2n) is 5.70. The molecule has 0 bridgehead atoms. The van der Waals surface area contributed by atoms with Crippen LogP contribution in [0.4, 0.5) is 5.69 Å². The summed E-state index contributed by atoms with van der Waals surface area (Å²) in [6, 6.07) is 3.58. The second kappa shape index (κ2) is 6.55. The highest BCUT2D eigenvalue weighted by molar-refractivity contribution is 5.78. The number of nitrogens with zero attached hydrogens (tertiary/aromatic N) is 1. The summed E-state index contributed by atoms with van der Waals surface area (Å²) in [6.45, 7) is 3.10. The fourth-order valence-corrected chi connectivity index (χ4v) is 2.77. The van der Waals surface area contributed by atoms with Gasteiger partial charge in [0, 0.05) is 12.2 Å². The van der Waals surface area contributed by atoms with Crippen LogP contribution in [-0.2, 0) is 11.2 Å². The van der Waals surface area contributed by atoms with E-state index in [0.29, 0.717) is 18.0 Å². The van der Waals surface area contributed by atoms with Crippen LogP contribution in [0.2, 0.25) is 0 Å². The Balaban J connectivity index is 1.73. The van der Waals surface area contributed by atoms with Gasteiger partial charge >= 0.3 is 0 Å². The van der Waals surface area contributed by atoms with Gasteiger partial charge in [0.15, 0.2) is 0 Å². The van der Waals surface area contributed by atoms with Gasteiger partial charge in [0.25, 0.3) is 0 Å². The van der Waals surface area contributed by atoms with Gasteiger partial charge in [-0.25, -0.2) is 0 Å². The van der Waals surface area contributed by atoms with Gasteiger partial charge in [0.2, 0.25) is 5.91 Å². The number of pyridine rings is 1. The van der Waals surface area contributed by atoms with Crippen molar-refractivity contribution in [3.05, 3.63) is 24.0 Å². The highest BCUT2D eigenvalue weighted by Crippen LogP contribution is 2.27. The molecule has 0 aromatic carbocycles. The van der Waals surface area contributed by atoms with E-state index in [1.165, 1.54) is 25.7 Å². The van der Waals surface area contributed by atoms with Gasteiger partial charge in [-0.2, -0.15) is 0 Å². The minimum absolute atomic E-state index is 0.0514. The minimum atomic E-state index is 0.0514. The number of nitrogen functional groups attached to an aromatic ring is 1. The maximum atomic E-state index is 11.8. The van der Waals surface area contributed by atoms with E-state index >= 15 is 0 Å². The average Bonchev–Trinajstić information content (AvgIpc) is 2.39. The Hall–Kier alpha value is -1.58. The monoisotopic (exact) mass is 261 g/mol. The Bertz CT molecular complexity index is 416. The van der Waals surface area contributed by atoms with Crippen molar-refractivity contribution in [1.29, 1.82) is 0 Å². The second-order valence-corrected chi connectivity index (χ2v) is 5.70. The lowest BCUT2D eigenvalue weighted by molar-refractivity contribution is -0.120. The molecular weight excluding hydrogens is 238 g/mol. The van der Waals surface area contributed by atoms with E-state index in [0.717, 1.165) is 18.2 Å². The standard InChI is InChI=1S/C15H23N3O/c1-11-3-2-4-12(7-11)9-18-15(19)8-14-6-5-13(16)10-17-14/h5-6,10-12H,2-4,7-9,16H2,1H3,(H,18,19). The van der Waals surface area contributed by atoms with Crippen molar-refractivity contribution in [2.75, 3.05) is 12.3 Å². The lowest BCUT2D eigenvalue weighted by atomic mass is 9.82. The molecule has 1 aliphatic rings. The van der Waals surface area contributed by atoms with Crippen LogP contribution in [0.1, 0.15) is 38.3 Å². The first-order valence-electron chi connectivity index (χ1n) is 7.10.